The number of carbonyl (C=O) groups excluding carboxylic acids is 1. The Morgan fingerprint density at radius 2 is 1.71 bits per heavy atom. The van der Waals surface area contributed by atoms with E-state index in [1.807, 2.05) is 13.0 Å². The number of carbonyl (C=O) groups is 1. The molecular formula is C17H29NO2S. The van der Waals surface area contributed by atoms with E-state index in [2.05, 4.69) is 6.92 Å². The van der Waals surface area contributed by atoms with Gasteiger partial charge in [0.25, 0.3) is 0 Å². The third-order valence-corrected chi connectivity index (χ3v) is 4.61. The molecule has 0 atom stereocenters. The number of aryl methyl sites for hydroxylation is 1. The third kappa shape index (κ3) is 6.98. The minimum absolute atomic E-state index is 0.298. The van der Waals surface area contributed by atoms with Crippen molar-refractivity contribution in [1.82, 2.24) is 0 Å². The summed E-state index contributed by atoms with van der Waals surface area (Å²) < 4.78 is 5.00. The van der Waals surface area contributed by atoms with Crippen LogP contribution in [0.4, 0.5) is 5.00 Å². The number of hydrogen-bond acceptors (Lipinski definition) is 4. The summed E-state index contributed by atoms with van der Waals surface area (Å²) in [6, 6.07) is 1.90. The molecule has 0 fully saturated rings. The van der Waals surface area contributed by atoms with E-state index >= 15 is 0 Å². The van der Waals surface area contributed by atoms with Crippen molar-refractivity contribution >= 4 is 22.3 Å². The van der Waals surface area contributed by atoms with Crippen LogP contribution in [0.15, 0.2) is 6.07 Å². The highest BCUT2D eigenvalue weighted by Gasteiger charge is 2.14. The lowest BCUT2D eigenvalue weighted by atomic mass is 10.1. The van der Waals surface area contributed by atoms with Crippen LogP contribution >= 0.6 is 11.3 Å². The van der Waals surface area contributed by atoms with Crippen LogP contribution in [0.5, 0.6) is 0 Å². The second-order valence-corrected chi connectivity index (χ2v) is 6.60. The van der Waals surface area contributed by atoms with Crippen LogP contribution in [0, 0.1) is 0 Å². The molecule has 0 radical (unpaired) electrons. The number of nitrogen functional groups attached to an aromatic ring is 1. The van der Waals surface area contributed by atoms with Crippen molar-refractivity contribution in [1.29, 1.82) is 0 Å². The fraction of sp³-hybridized carbons (Fsp3) is 0.706. The second kappa shape index (κ2) is 10.7. The highest BCUT2D eigenvalue weighted by molar-refractivity contribution is 7.16. The molecule has 4 heteroatoms. The van der Waals surface area contributed by atoms with E-state index in [1.165, 1.54) is 67.6 Å². The Morgan fingerprint density at radius 1 is 1.10 bits per heavy atom. The van der Waals surface area contributed by atoms with Gasteiger partial charge in [0.2, 0.25) is 0 Å². The van der Waals surface area contributed by atoms with Crippen molar-refractivity contribution in [2.75, 3.05) is 12.3 Å². The molecule has 0 spiro atoms. The first kappa shape index (κ1) is 18.0. The third-order valence-electron chi connectivity index (χ3n) is 3.58. The first-order valence-electron chi connectivity index (χ1n) is 8.24. The van der Waals surface area contributed by atoms with Crippen molar-refractivity contribution in [2.24, 2.45) is 0 Å². The van der Waals surface area contributed by atoms with Gasteiger partial charge in [-0.25, -0.2) is 4.79 Å². The minimum atomic E-state index is -0.298. The zero-order chi connectivity index (χ0) is 15.5. The Kier molecular flexibility index (Phi) is 9.15. The minimum Gasteiger partial charge on any atom is -0.462 e. The number of hydrogen-bond donors (Lipinski definition) is 1. The van der Waals surface area contributed by atoms with Crippen molar-refractivity contribution in [3.63, 3.8) is 0 Å². The highest BCUT2D eigenvalue weighted by Crippen LogP contribution is 2.27. The number of ether oxygens (including phenoxy) is 1. The molecule has 0 saturated heterocycles. The molecule has 1 aromatic rings. The molecule has 0 bridgehead atoms. The maximum Gasteiger partial charge on any atom is 0.341 e. The van der Waals surface area contributed by atoms with Gasteiger partial charge in [-0.1, -0.05) is 51.9 Å². The summed E-state index contributed by atoms with van der Waals surface area (Å²) in [6.07, 6.45) is 11.5. The predicted molar refractivity (Wildman–Crippen MR) is 91.0 cm³/mol. The summed E-state index contributed by atoms with van der Waals surface area (Å²) >= 11 is 1.52. The molecule has 0 unspecified atom stereocenters. The topological polar surface area (TPSA) is 52.3 Å². The van der Waals surface area contributed by atoms with E-state index in [-0.39, 0.29) is 5.97 Å². The molecule has 0 aliphatic rings. The molecular weight excluding hydrogens is 282 g/mol. The lowest BCUT2D eigenvalue weighted by molar-refractivity contribution is 0.0528. The zero-order valence-electron chi connectivity index (χ0n) is 13.5. The van der Waals surface area contributed by atoms with Crippen molar-refractivity contribution in [3.8, 4) is 0 Å². The first-order valence-corrected chi connectivity index (χ1v) is 9.06. The van der Waals surface area contributed by atoms with Crippen LogP contribution in [0.1, 0.15) is 80.4 Å². The number of esters is 1. The largest absolute Gasteiger partial charge is 0.462 e. The van der Waals surface area contributed by atoms with E-state index in [4.69, 9.17) is 10.5 Å². The molecule has 21 heavy (non-hydrogen) atoms. The van der Waals surface area contributed by atoms with Crippen LogP contribution in [-0.4, -0.2) is 12.6 Å². The van der Waals surface area contributed by atoms with Gasteiger partial charge < -0.3 is 10.5 Å². The number of unbranched alkanes of at least 4 members (excludes halogenated alkanes) is 7. The van der Waals surface area contributed by atoms with Crippen LogP contribution < -0.4 is 5.73 Å². The van der Waals surface area contributed by atoms with E-state index < -0.39 is 0 Å². The molecule has 0 amide bonds. The first-order chi connectivity index (χ1) is 10.2. The highest BCUT2D eigenvalue weighted by atomic mass is 32.1. The number of rotatable bonds is 11. The van der Waals surface area contributed by atoms with Crippen LogP contribution in [0.2, 0.25) is 0 Å². The van der Waals surface area contributed by atoms with E-state index in [0.717, 1.165) is 6.42 Å². The Labute approximate surface area is 132 Å². The average molecular weight is 311 g/mol. The summed E-state index contributed by atoms with van der Waals surface area (Å²) in [4.78, 5) is 12.9. The summed E-state index contributed by atoms with van der Waals surface area (Å²) in [6.45, 7) is 4.45. The SMILES string of the molecule is CCCCCCCCCCc1cc(C(=O)OCC)c(N)s1. The van der Waals surface area contributed by atoms with Crippen LogP contribution in [-0.2, 0) is 11.2 Å². The standard InChI is InChI=1S/C17H29NO2S/c1-3-5-6-7-8-9-10-11-12-14-13-15(16(18)21-14)17(19)20-4-2/h13H,3-12,18H2,1-2H3. The Morgan fingerprint density at radius 3 is 2.33 bits per heavy atom. The summed E-state index contributed by atoms with van der Waals surface area (Å²) in [5, 5.41) is 0.586. The van der Waals surface area contributed by atoms with E-state index in [9.17, 15) is 4.79 Å². The fourth-order valence-corrected chi connectivity index (χ4v) is 3.34. The Hall–Kier alpha value is -1.03. The van der Waals surface area contributed by atoms with Crippen LogP contribution in [0.25, 0.3) is 0 Å². The quantitative estimate of drug-likeness (QED) is 0.452. The zero-order valence-corrected chi connectivity index (χ0v) is 14.3. The number of anilines is 1. The van der Waals surface area contributed by atoms with Gasteiger partial charge in [-0.3, -0.25) is 0 Å². The Bertz CT molecular complexity index is 415. The van der Waals surface area contributed by atoms with Gasteiger partial charge >= 0.3 is 5.97 Å². The number of nitrogens with two attached hydrogens (primary N) is 1. The molecule has 1 rings (SSSR count). The monoisotopic (exact) mass is 311 g/mol. The molecule has 0 aliphatic carbocycles. The van der Waals surface area contributed by atoms with Gasteiger partial charge in [-0.15, -0.1) is 11.3 Å². The van der Waals surface area contributed by atoms with Crippen molar-refractivity contribution in [2.45, 2.75) is 71.6 Å². The average Bonchev–Trinajstić information content (AvgIpc) is 2.83. The van der Waals surface area contributed by atoms with Gasteiger partial charge in [-0.2, -0.15) is 0 Å². The maximum atomic E-state index is 11.7. The van der Waals surface area contributed by atoms with Gasteiger partial charge in [0, 0.05) is 4.88 Å². The molecule has 120 valence electrons. The smallest absolute Gasteiger partial charge is 0.341 e. The number of thiophene rings is 1. The molecule has 1 heterocycles. The van der Waals surface area contributed by atoms with E-state index in [1.54, 1.807) is 0 Å². The van der Waals surface area contributed by atoms with Crippen LogP contribution in [0.3, 0.4) is 0 Å². The fourth-order valence-electron chi connectivity index (χ4n) is 2.38. The second-order valence-electron chi connectivity index (χ2n) is 5.44. The normalized spacial score (nSPS) is 10.8. The molecule has 0 aromatic carbocycles. The van der Waals surface area contributed by atoms with Gasteiger partial charge in [0.15, 0.2) is 0 Å². The lowest BCUT2D eigenvalue weighted by Crippen LogP contribution is -2.05. The van der Waals surface area contributed by atoms with Crippen molar-refractivity contribution < 1.29 is 9.53 Å². The molecule has 0 saturated carbocycles. The van der Waals surface area contributed by atoms with Gasteiger partial charge in [0.1, 0.15) is 5.00 Å². The molecule has 1 aromatic heterocycles. The summed E-state index contributed by atoms with van der Waals surface area (Å²) in [5.74, 6) is -0.298. The maximum absolute atomic E-state index is 11.7. The molecule has 3 nitrogen and oxygen atoms in total. The summed E-state index contributed by atoms with van der Waals surface area (Å²) in [7, 11) is 0. The van der Waals surface area contributed by atoms with Gasteiger partial charge in [-0.05, 0) is 25.8 Å². The lowest BCUT2D eigenvalue weighted by Gasteiger charge is -2.00. The molecule has 0 aliphatic heterocycles. The Balaban J connectivity index is 2.21. The predicted octanol–water partition coefficient (Wildman–Crippen LogP) is 5.19. The van der Waals surface area contributed by atoms with E-state index in [0.29, 0.717) is 17.2 Å². The van der Waals surface area contributed by atoms with Gasteiger partial charge in [0.05, 0.1) is 12.2 Å². The summed E-state index contributed by atoms with van der Waals surface area (Å²) in [5.41, 5.74) is 6.43. The molecule has 2 N–H and O–H groups in total. The van der Waals surface area contributed by atoms with Crippen molar-refractivity contribution in [3.05, 3.63) is 16.5 Å².